The number of hydrogen-bond acceptors (Lipinski definition) is 5. The maximum Gasteiger partial charge on any atom is 0.305 e. The molecular weight excluding hydrogens is 308 g/mol. The highest BCUT2D eigenvalue weighted by molar-refractivity contribution is 5.79. The third-order valence-corrected chi connectivity index (χ3v) is 3.48. The van der Waals surface area contributed by atoms with Gasteiger partial charge in [-0.25, -0.2) is 4.99 Å². The summed E-state index contributed by atoms with van der Waals surface area (Å²) in [5.41, 5.74) is 0.948. The third kappa shape index (κ3) is 7.99. The number of aromatic nitrogens is 1. The van der Waals surface area contributed by atoms with Gasteiger partial charge in [-0.15, -0.1) is 0 Å². The molecule has 2 N–H and O–H groups in total. The molecule has 0 fully saturated rings. The number of nitrogens with zero attached hydrogens (tertiary/aromatic N) is 2. The Morgan fingerprint density at radius 1 is 1.33 bits per heavy atom. The van der Waals surface area contributed by atoms with Gasteiger partial charge in [0.25, 0.3) is 0 Å². The topological polar surface area (TPSA) is 88.8 Å². The van der Waals surface area contributed by atoms with Crippen molar-refractivity contribution in [2.75, 3.05) is 20.2 Å². The van der Waals surface area contributed by atoms with Crippen molar-refractivity contribution < 1.29 is 14.1 Å². The van der Waals surface area contributed by atoms with Crippen LogP contribution in [0, 0.1) is 0 Å². The quantitative estimate of drug-likeness (QED) is 0.295. The van der Waals surface area contributed by atoms with Gasteiger partial charge >= 0.3 is 5.97 Å². The molecule has 0 saturated heterocycles. The van der Waals surface area contributed by atoms with Crippen molar-refractivity contribution in [2.45, 2.75) is 58.9 Å². The molecule has 1 aromatic heterocycles. The molecule has 0 bridgehead atoms. The fourth-order valence-corrected chi connectivity index (χ4v) is 2.05. The molecule has 0 radical (unpaired) electrons. The summed E-state index contributed by atoms with van der Waals surface area (Å²) < 4.78 is 9.91. The van der Waals surface area contributed by atoms with Crippen LogP contribution < -0.4 is 10.6 Å². The number of guanidine groups is 1. The summed E-state index contributed by atoms with van der Waals surface area (Å²) >= 11 is 0. The summed E-state index contributed by atoms with van der Waals surface area (Å²) in [4.78, 5) is 15.5. The minimum absolute atomic E-state index is 0.148. The van der Waals surface area contributed by atoms with Crippen LogP contribution in [0.15, 0.2) is 15.6 Å². The molecule has 0 aromatic carbocycles. The lowest BCUT2D eigenvalue weighted by molar-refractivity contribution is -0.140. The lowest BCUT2D eigenvalue weighted by Crippen LogP contribution is -2.37. The lowest BCUT2D eigenvalue weighted by Gasteiger charge is -2.10. The van der Waals surface area contributed by atoms with Gasteiger partial charge in [0.2, 0.25) is 0 Å². The highest BCUT2D eigenvalue weighted by Gasteiger charge is 2.07. The van der Waals surface area contributed by atoms with E-state index in [1.807, 2.05) is 13.0 Å². The molecule has 0 atom stereocenters. The number of rotatable bonds is 10. The molecule has 0 unspecified atom stereocenters. The first-order valence-corrected chi connectivity index (χ1v) is 8.61. The predicted molar refractivity (Wildman–Crippen MR) is 93.9 cm³/mol. The van der Waals surface area contributed by atoms with Gasteiger partial charge in [0.15, 0.2) is 11.7 Å². The summed E-state index contributed by atoms with van der Waals surface area (Å²) in [6.45, 7) is 8.24. The fraction of sp³-hybridized carbons (Fsp3) is 0.706. The molecule has 0 saturated carbocycles. The Kier molecular flexibility index (Phi) is 9.56. The predicted octanol–water partition coefficient (Wildman–Crippen LogP) is 2.59. The molecule has 1 rings (SSSR count). The van der Waals surface area contributed by atoms with E-state index in [2.05, 4.69) is 39.4 Å². The summed E-state index contributed by atoms with van der Waals surface area (Å²) in [6, 6.07) is 1.95. The number of hydrogen-bond donors (Lipinski definition) is 2. The van der Waals surface area contributed by atoms with Crippen molar-refractivity contribution in [1.29, 1.82) is 0 Å². The lowest BCUT2D eigenvalue weighted by atomic mass is 10.1. The first-order valence-electron chi connectivity index (χ1n) is 8.61. The summed E-state index contributed by atoms with van der Waals surface area (Å²) in [7, 11) is 1.42. The van der Waals surface area contributed by atoms with E-state index in [0.29, 0.717) is 18.9 Å². The van der Waals surface area contributed by atoms with Crippen molar-refractivity contribution in [3.8, 4) is 0 Å². The Bertz CT molecular complexity index is 512. The Labute approximate surface area is 144 Å². The largest absolute Gasteiger partial charge is 0.469 e. The number of unbranched alkanes of at least 4 members (excludes halogenated alkanes) is 2. The van der Waals surface area contributed by atoms with Crippen LogP contribution in [0.1, 0.15) is 63.8 Å². The van der Waals surface area contributed by atoms with Crippen LogP contribution >= 0.6 is 0 Å². The monoisotopic (exact) mass is 338 g/mol. The van der Waals surface area contributed by atoms with Crippen LogP contribution in [-0.2, 0) is 16.1 Å². The van der Waals surface area contributed by atoms with Crippen molar-refractivity contribution in [3.63, 3.8) is 0 Å². The van der Waals surface area contributed by atoms with Gasteiger partial charge in [0.05, 0.1) is 12.8 Å². The number of esters is 1. The number of ether oxygens (including phenoxy) is 1. The maximum atomic E-state index is 11.0. The smallest absolute Gasteiger partial charge is 0.305 e. The van der Waals surface area contributed by atoms with E-state index in [0.717, 1.165) is 49.8 Å². The van der Waals surface area contributed by atoms with Gasteiger partial charge in [-0.2, -0.15) is 0 Å². The number of nitrogens with one attached hydrogen (secondary N) is 2. The van der Waals surface area contributed by atoms with Crippen LogP contribution in [0.2, 0.25) is 0 Å². The van der Waals surface area contributed by atoms with Crippen LogP contribution in [-0.4, -0.2) is 37.3 Å². The van der Waals surface area contributed by atoms with E-state index in [1.165, 1.54) is 7.11 Å². The van der Waals surface area contributed by atoms with Gasteiger partial charge in [-0.1, -0.05) is 25.4 Å². The number of carbonyl (C=O) groups is 1. The molecule has 0 aliphatic carbocycles. The minimum Gasteiger partial charge on any atom is -0.469 e. The van der Waals surface area contributed by atoms with E-state index in [4.69, 9.17) is 4.52 Å². The summed E-state index contributed by atoms with van der Waals surface area (Å²) in [6.07, 6.45) is 3.27. The second-order valence-electron chi connectivity index (χ2n) is 5.88. The van der Waals surface area contributed by atoms with Crippen LogP contribution in [0.4, 0.5) is 0 Å². The Morgan fingerprint density at radius 3 is 2.75 bits per heavy atom. The zero-order valence-electron chi connectivity index (χ0n) is 15.2. The molecule has 0 amide bonds. The van der Waals surface area contributed by atoms with E-state index in [1.54, 1.807) is 0 Å². The van der Waals surface area contributed by atoms with Gasteiger partial charge in [0, 0.05) is 25.6 Å². The highest BCUT2D eigenvalue weighted by Crippen LogP contribution is 2.14. The molecule has 7 heteroatoms. The first kappa shape index (κ1) is 20.0. The minimum atomic E-state index is -0.148. The van der Waals surface area contributed by atoms with Crippen molar-refractivity contribution in [3.05, 3.63) is 17.5 Å². The number of methoxy groups -OCH3 is 1. The Hall–Kier alpha value is -2.05. The van der Waals surface area contributed by atoms with Gasteiger partial charge in [-0.3, -0.25) is 4.79 Å². The van der Waals surface area contributed by atoms with E-state index < -0.39 is 0 Å². The zero-order chi connectivity index (χ0) is 17.8. The SMILES string of the molecule is CCNC(=NCc1cc(C(C)C)no1)NCCCCCC(=O)OC. The summed E-state index contributed by atoms with van der Waals surface area (Å²) in [5, 5.41) is 10.5. The van der Waals surface area contributed by atoms with E-state index >= 15 is 0 Å². The summed E-state index contributed by atoms with van der Waals surface area (Å²) in [5.74, 6) is 1.72. The maximum absolute atomic E-state index is 11.0. The molecule has 0 aliphatic rings. The van der Waals surface area contributed by atoms with Crippen molar-refractivity contribution >= 4 is 11.9 Å². The number of aliphatic imine (C=N–C) groups is 1. The molecule has 136 valence electrons. The van der Waals surface area contributed by atoms with Gasteiger partial charge in [-0.05, 0) is 25.7 Å². The van der Waals surface area contributed by atoms with Crippen molar-refractivity contribution in [1.82, 2.24) is 15.8 Å². The molecule has 1 heterocycles. The van der Waals surface area contributed by atoms with Crippen LogP contribution in [0.3, 0.4) is 0 Å². The molecule has 24 heavy (non-hydrogen) atoms. The van der Waals surface area contributed by atoms with Crippen LogP contribution in [0.25, 0.3) is 0 Å². The highest BCUT2D eigenvalue weighted by atomic mass is 16.5. The van der Waals surface area contributed by atoms with E-state index in [9.17, 15) is 4.79 Å². The third-order valence-electron chi connectivity index (χ3n) is 3.48. The number of carbonyl (C=O) groups excluding carboxylic acids is 1. The Balaban J connectivity index is 2.32. The van der Waals surface area contributed by atoms with E-state index in [-0.39, 0.29) is 5.97 Å². The molecule has 0 aliphatic heterocycles. The molecule has 1 aromatic rings. The standard InChI is InChI=1S/C17H30N4O3/c1-5-18-17(19-10-8-6-7-9-16(22)23-4)20-12-14-11-15(13(2)3)21-24-14/h11,13H,5-10,12H2,1-4H3,(H2,18,19,20). The molecule has 0 spiro atoms. The van der Waals surface area contributed by atoms with Gasteiger partial charge in [0.1, 0.15) is 6.54 Å². The first-order chi connectivity index (χ1) is 11.6. The Morgan fingerprint density at radius 2 is 2.12 bits per heavy atom. The average molecular weight is 338 g/mol. The molecular formula is C17H30N4O3. The second kappa shape index (κ2) is 11.5. The average Bonchev–Trinajstić information content (AvgIpc) is 3.04. The fourth-order valence-electron chi connectivity index (χ4n) is 2.05. The molecule has 7 nitrogen and oxygen atoms in total. The second-order valence-corrected chi connectivity index (χ2v) is 5.88. The van der Waals surface area contributed by atoms with Crippen LogP contribution in [0.5, 0.6) is 0 Å². The van der Waals surface area contributed by atoms with Crippen molar-refractivity contribution in [2.24, 2.45) is 4.99 Å². The normalized spacial score (nSPS) is 11.6. The zero-order valence-corrected chi connectivity index (χ0v) is 15.2. The van der Waals surface area contributed by atoms with Gasteiger partial charge < -0.3 is 19.9 Å².